The summed E-state index contributed by atoms with van der Waals surface area (Å²) in [6.45, 7) is 1.46. The van der Waals surface area contributed by atoms with E-state index in [0.29, 0.717) is 22.7 Å². The van der Waals surface area contributed by atoms with Crippen molar-refractivity contribution in [2.75, 3.05) is 17.3 Å². The number of anilines is 2. The minimum absolute atomic E-state index is 0.107. The van der Waals surface area contributed by atoms with Crippen LogP contribution in [0.2, 0.25) is 0 Å². The number of carbonyl (C=O) groups is 4. The number of hydrogen-bond acceptors (Lipinski definition) is 6. The van der Waals surface area contributed by atoms with Gasteiger partial charge in [-0.1, -0.05) is 24.3 Å². The number of benzene rings is 3. The van der Waals surface area contributed by atoms with E-state index in [2.05, 4.69) is 5.32 Å². The average Bonchev–Trinajstić information content (AvgIpc) is 3.41. The quantitative estimate of drug-likeness (QED) is 0.414. The lowest BCUT2D eigenvalue weighted by Gasteiger charge is -2.35. The minimum atomic E-state index is -0.894. The van der Waals surface area contributed by atoms with Gasteiger partial charge in [-0.15, -0.1) is 0 Å². The second kappa shape index (κ2) is 8.99. The number of carbonyl (C=O) groups excluding carboxylic acids is 4. The van der Waals surface area contributed by atoms with Crippen LogP contribution in [0, 0.1) is 11.8 Å². The van der Waals surface area contributed by atoms with Gasteiger partial charge in [0.2, 0.25) is 17.7 Å². The molecule has 8 nitrogen and oxygen atoms in total. The maximum Gasteiger partial charge on any atom is 0.247 e. The van der Waals surface area contributed by atoms with Crippen molar-refractivity contribution in [1.82, 2.24) is 4.90 Å². The fraction of sp³-hybridized carbons (Fsp3) is 0.200. The van der Waals surface area contributed by atoms with E-state index >= 15 is 0 Å². The summed E-state index contributed by atoms with van der Waals surface area (Å²) in [6.07, 6.45) is 3.73. The molecule has 3 aliphatic heterocycles. The van der Waals surface area contributed by atoms with Crippen LogP contribution in [0.5, 0.6) is 5.75 Å². The molecule has 3 aromatic rings. The summed E-state index contributed by atoms with van der Waals surface area (Å²) < 4.78 is 5.20. The first-order valence-electron chi connectivity index (χ1n) is 12.4. The highest BCUT2D eigenvalue weighted by Gasteiger charge is 2.64. The number of imide groups is 1. The Morgan fingerprint density at radius 1 is 0.868 bits per heavy atom. The average molecular weight is 508 g/mol. The standard InChI is InChI=1S/C30H25N3O5/c1-17(34)18-7-11-21(12-8-18)33-29(36)24-25(30(33)37)27(28(35)31-20-9-13-22(38-2)14-10-20)32-16-15-19-5-3-4-6-23(19)26(24)32/h3-16,24-27H,1-2H3,(H,31,35)/t24-,25+,26-,27-/m0/s1. The van der Waals surface area contributed by atoms with Gasteiger partial charge in [0.05, 0.1) is 30.7 Å². The Kier molecular flexibility index (Phi) is 5.60. The van der Waals surface area contributed by atoms with Crippen LogP contribution in [0.1, 0.15) is 34.5 Å². The molecule has 3 aliphatic rings. The largest absolute Gasteiger partial charge is 0.497 e. The molecule has 0 aromatic heterocycles. The topological polar surface area (TPSA) is 96.0 Å². The molecule has 8 heteroatoms. The van der Waals surface area contributed by atoms with Crippen molar-refractivity contribution in [1.29, 1.82) is 0 Å². The first-order valence-corrected chi connectivity index (χ1v) is 12.4. The fourth-order valence-corrected chi connectivity index (χ4v) is 5.85. The highest BCUT2D eigenvalue weighted by molar-refractivity contribution is 6.24. The third-order valence-corrected chi connectivity index (χ3v) is 7.62. The zero-order chi connectivity index (χ0) is 26.6. The molecule has 0 unspecified atom stereocenters. The molecule has 3 heterocycles. The number of hydrogen-bond donors (Lipinski definition) is 1. The van der Waals surface area contributed by atoms with Gasteiger partial charge in [-0.3, -0.25) is 19.2 Å². The van der Waals surface area contributed by atoms with Gasteiger partial charge in [0.25, 0.3) is 0 Å². The lowest BCUT2D eigenvalue weighted by Crippen LogP contribution is -2.46. The Morgan fingerprint density at radius 2 is 1.55 bits per heavy atom. The predicted molar refractivity (Wildman–Crippen MR) is 141 cm³/mol. The number of Topliss-reactive ketones (excluding diaryl/α,β-unsaturated/α-hetero) is 1. The summed E-state index contributed by atoms with van der Waals surface area (Å²) in [4.78, 5) is 56.3. The van der Waals surface area contributed by atoms with Gasteiger partial charge < -0.3 is 15.0 Å². The zero-order valence-corrected chi connectivity index (χ0v) is 20.8. The number of methoxy groups -OCH3 is 1. The number of ketones is 1. The number of rotatable bonds is 5. The van der Waals surface area contributed by atoms with Crippen LogP contribution in [0.15, 0.2) is 79.0 Å². The van der Waals surface area contributed by atoms with Crippen molar-refractivity contribution in [2.45, 2.75) is 19.0 Å². The first-order chi connectivity index (χ1) is 18.4. The summed E-state index contributed by atoms with van der Waals surface area (Å²) >= 11 is 0. The lowest BCUT2D eigenvalue weighted by molar-refractivity contribution is -0.128. The second-order valence-electron chi connectivity index (χ2n) is 9.67. The normalized spacial score (nSPS) is 23.1. The molecule has 3 amide bonds. The van der Waals surface area contributed by atoms with Crippen molar-refractivity contribution >= 4 is 41.0 Å². The van der Waals surface area contributed by atoms with Crippen molar-refractivity contribution in [2.24, 2.45) is 11.8 Å². The van der Waals surface area contributed by atoms with Crippen LogP contribution in [-0.4, -0.2) is 41.6 Å². The van der Waals surface area contributed by atoms with Crippen molar-refractivity contribution < 1.29 is 23.9 Å². The smallest absolute Gasteiger partial charge is 0.247 e. The third-order valence-electron chi connectivity index (χ3n) is 7.62. The van der Waals surface area contributed by atoms with E-state index in [1.54, 1.807) is 55.6 Å². The molecule has 0 spiro atoms. The number of amides is 3. The van der Waals surface area contributed by atoms with Crippen molar-refractivity contribution in [3.05, 3.63) is 95.7 Å². The SMILES string of the molecule is COc1ccc(NC(=O)[C@@H]2[C@@H]3C(=O)N(c4ccc(C(C)=O)cc4)C(=O)[C@@H]3[C@@H]3c4ccccc4C=CN23)cc1. The Morgan fingerprint density at radius 3 is 2.24 bits per heavy atom. The van der Waals surface area contributed by atoms with Crippen molar-refractivity contribution in [3.63, 3.8) is 0 Å². The Hall–Kier alpha value is -4.72. The summed E-state index contributed by atoms with van der Waals surface area (Å²) in [6, 6.07) is 19.7. The van der Waals surface area contributed by atoms with E-state index in [1.807, 2.05) is 41.4 Å². The van der Waals surface area contributed by atoms with Gasteiger partial charge in [0.15, 0.2) is 5.78 Å². The second-order valence-corrected chi connectivity index (χ2v) is 9.67. The van der Waals surface area contributed by atoms with Gasteiger partial charge in [-0.05, 0) is 72.7 Å². The van der Waals surface area contributed by atoms with Gasteiger partial charge in [-0.2, -0.15) is 0 Å². The molecule has 2 saturated heterocycles. The Bertz CT molecular complexity index is 1500. The summed E-state index contributed by atoms with van der Waals surface area (Å²) in [7, 11) is 1.56. The van der Waals surface area contributed by atoms with Gasteiger partial charge in [0, 0.05) is 17.5 Å². The molecule has 4 atom stereocenters. The van der Waals surface area contributed by atoms with E-state index in [-0.39, 0.29) is 17.6 Å². The summed E-state index contributed by atoms with van der Waals surface area (Å²) in [5, 5.41) is 2.93. The molecule has 1 N–H and O–H groups in total. The van der Waals surface area contributed by atoms with E-state index in [1.165, 1.54) is 11.8 Å². The van der Waals surface area contributed by atoms with E-state index < -0.39 is 29.8 Å². The predicted octanol–water partition coefficient (Wildman–Crippen LogP) is 4.05. The van der Waals surface area contributed by atoms with E-state index in [4.69, 9.17) is 4.74 Å². The zero-order valence-electron chi connectivity index (χ0n) is 20.8. The molecular formula is C30H25N3O5. The molecular weight excluding hydrogens is 482 g/mol. The van der Waals surface area contributed by atoms with Crippen LogP contribution >= 0.6 is 0 Å². The number of nitrogens with zero attached hydrogens (tertiary/aromatic N) is 2. The molecule has 2 fully saturated rings. The fourth-order valence-electron chi connectivity index (χ4n) is 5.85. The van der Waals surface area contributed by atoms with Crippen LogP contribution in [-0.2, 0) is 14.4 Å². The molecule has 0 bridgehead atoms. The monoisotopic (exact) mass is 507 g/mol. The van der Waals surface area contributed by atoms with Gasteiger partial charge in [-0.25, -0.2) is 4.90 Å². The van der Waals surface area contributed by atoms with Crippen molar-refractivity contribution in [3.8, 4) is 5.75 Å². The maximum atomic E-state index is 13.9. The molecule has 0 saturated carbocycles. The van der Waals surface area contributed by atoms with Gasteiger partial charge in [0.1, 0.15) is 11.8 Å². The summed E-state index contributed by atoms with van der Waals surface area (Å²) in [5.41, 5.74) is 3.29. The summed E-state index contributed by atoms with van der Waals surface area (Å²) in [5.74, 6) is -2.22. The molecule has 38 heavy (non-hydrogen) atoms. The number of nitrogens with one attached hydrogen (secondary N) is 1. The third kappa shape index (κ3) is 3.60. The highest BCUT2D eigenvalue weighted by Crippen LogP contribution is 2.53. The van der Waals surface area contributed by atoms with Crippen LogP contribution in [0.25, 0.3) is 6.08 Å². The molecule has 3 aromatic carbocycles. The molecule has 0 radical (unpaired) electrons. The minimum Gasteiger partial charge on any atom is -0.497 e. The van der Waals surface area contributed by atoms with E-state index in [9.17, 15) is 19.2 Å². The first kappa shape index (κ1) is 23.7. The maximum absolute atomic E-state index is 13.9. The van der Waals surface area contributed by atoms with E-state index in [0.717, 1.165) is 11.1 Å². The molecule has 6 rings (SSSR count). The highest BCUT2D eigenvalue weighted by atomic mass is 16.5. The van der Waals surface area contributed by atoms with Crippen LogP contribution < -0.4 is 15.0 Å². The number of ether oxygens (including phenoxy) is 1. The van der Waals surface area contributed by atoms with Crippen LogP contribution in [0.3, 0.4) is 0 Å². The molecule has 190 valence electrons. The lowest BCUT2D eigenvalue weighted by atomic mass is 9.84. The Balaban J connectivity index is 1.40. The number of fused-ring (bicyclic) bond motifs is 5. The van der Waals surface area contributed by atoms with Crippen LogP contribution in [0.4, 0.5) is 11.4 Å². The molecule has 0 aliphatic carbocycles. The Labute approximate surface area is 219 Å². The van der Waals surface area contributed by atoms with Gasteiger partial charge >= 0.3 is 0 Å².